The molecule has 0 atom stereocenters. The van der Waals surface area contributed by atoms with Gasteiger partial charge in [0.1, 0.15) is 0 Å². The fourth-order valence-corrected chi connectivity index (χ4v) is 1.72. The molecule has 0 radical (unpaired) electrons. The van der Waals surface area contributed by atoms with E-state index in [1.807, 2.05) is 0 Å². The van der Waals surface area contributed by atoms with Gasteiger partial charge in [0.25, 0.3) is 0 Å². The molecule has 5 nitrogen and oxygen atoms in total. The molecule has 0 aliphatic rings. The molecule has 0 saturated heterocycles. The average Bonchev–Trinajstić information content (AvgIpc) is 2.46. The molecular weight excluding hydrogens is 242 g/mol. The lowest BCUT2D eigenvalue weighted by Crippen LogP contribution is -1.97. The Bertz CT molecular complexity index is 675. The zero-order valence-corrected chi connectivity index (χ0v) is 10.2. The molecule has 94 valence electrons. The van der Waals surface area contributed by atoms with E-state index in [1.165, 1.54) is 18.3 Å². The highest BCUT2D eigenvalue weighted by atomic mass is 16.4. The van der Waals surface area contributed by atoms with Crippen molar-refractivity contribution >= 4 is 17.3 Å². The van der Waals surface area contributed by atoms with Crippen molar-refractivity contribution in [3.8, 4) is 11.3 Å². The van der Waals surface area contributed by atoms with Gasteiger partial charge in [-0.25, -0.2) is 9.64 Å². The second-order valence-electron chi connectivity index (χ2n) is 3.83. The van der Waals surface area contributed by atoms with Crippen molar-refractivity contribution < 1.29 is 9.90 Å². The van der Waals surface area contributed by atoms with Crippen molar-refractivity contribution in [2.24, 2.45) is 0 Å². The molecule has 2 rings (SSSR count). The van der Waals surface area contributed by atoms with Crippen LogP contribution in [0.2, 0.25) is 0 Å². The first-order valence-electron chi connectivity index (χ1n) is 5.54. The molecule has 0 aliphatic heterocycles. The molecule has 2 aromatic rings. The highest BCUT2D eigenvalue weighted by Gasteiger charge is 2.08. The molecule has 0 bridgehead atoms. The molecule has 0 aliphatic carbocycles. The molecule has 1 aromatic heterocycles. The Kier molecular flexibility index (Phi) is 3.44. The monoisotopic (exact) mass is 253 g/mol. The molecular formula is C14H11N3O2. The number of hydrogen-bond donors (Lipinski definition) is 2. The van der Waals surface area contributed by atoms with E-state index in [0.29, 0.717) is 16.9 Å². The lowest BCUT2D eigenvalue weighted by Gasteiger charge is -2.06. The van der Waals surface area contributed by atoms with Gasteiger partial charge in [-0.1, -0.05) is 6.07 Å². The van der Waals surface area contributed by atoms with Crippen LogP contribution in [0.15, 0.2) is 36.5 Å². The van der Waals surface area contributed by atoms with E-state index in [9.17, 15) is 4.79 Å². The van der Waals surface area contributed by atoms with Crippen LogP contribution in [0.4, 0.5) is 11.4 Å². The standard InChI is InChI=1S/C14H11N3O2/c1-15-11-4-3-9(7-13(11)16-2)12-8-10(14(18)19)5-6-17-12/h3-8,15H,1H3,(H,18,19). The maximum absolute atomic E-state index is 10.9. The Morgan fingerprint density at radius 1 is 1.37 bits per heavy atom. The first-order valence-corrected chi connectivity index (χ1v) is 5.54. The number of benzene rings is 1. The Morgan fingerprint density at radius 3 is 2.79 bits per heavy atom. The van der Waals surface area contributed by atoms with E-state index in [-0.39, 0.29) is 5.56 Å². The largest absolute Gasteiger partial charge is 0.478 e. The minimum atomic E-state index is -0.999. The summed E-state index contributed by atoms with van der Waals surface area (Å²) in [4.78, 5) is 18.5. The number of aromatic carboxylic acids is 1. The number of aromatic nitrogens is 1. The zero-order valence-electron chi connectivity index (χ0n) is 10.2. The van der Waals surface area contributed by atoms with Gasteiger partial charge in [-0.05, 0) is 29.8 Å². The van der Waals surface area contributed by atoms with Crippen LogP contribution < -0.4 is 5.32 Å². The van der Waals surface area contributed by atoms with E-state index < -0.39 is 5.97 Å². The lowest BCUT2D eigenvalue weighted by molar-refractivity contribution is 0.0697. The van der Waals surface area contributed by atoms with E-state index in [4.69, 9.17) is 11.7 Å². The topological polar surface area (TPSA) is 66.6 Å². The maximum Gasteiger partial charge on any atom is 0.335 e. The van der Waals surface area contributed by atoms with Crippen molar-refractivity contribution in [2.75, 3.05) is 12.4 Å². The molecule has 0 amide bonds. The number of nitrogens with one attached hydrogen (secondary N) is 1. The number of carbonyl (C=O) groups is 1. The van der Waals surface area contributed by atoms with E-state index in [0.717, 1.165) is 5.69 Å². The molecule has 0 unspecified atom stereocenters. The van der Waals surface area contributed by atoms with Gasteiger partial charge in [0.05, 0.1) is 17.8 Å². The SMILES string of the molecule is [C-]#[N+]c1cc(-c2cc(C(=O)O)ccn2)ccc1NC. The summed E-state index contributed by atoms with van der Waals surface area (Å²) in [6.07, 6.45) is 1.45. The van der Waals surface area contributed by atoms with Crippen LogP contribution in [0.1, 0.15) is 10.4 Å². The summed E-state index contributed by atoms with van der Waals surface area (Å²) in [6, 6.07) is 8.19. The van der Waals surface area contributed by atoms with Gasteiger partial charge in [-0.2, -0.15) is 0 Å². The van der Waals surface area contributed by atoms with Crippen molar-refractivity contribution in [1.29, 1.82) is 0 Å². The fraction of sp³-hybridized carbons (Fsp3) is 0.0714. The first kappa shape index (κ1) is 12.6. The van der Waals surface area contributed by atoms with E-state index >= 15 is 0 Å². The molecule has 19 heavy (non-hydrogen) atoms. The van der Waals surface area contributed by atoms with Crippen LogP contribution in [0.5, 0.6) is 0 Å². The van der Waals surface area contributed by atoms with Crippen LogP contribution >= 0.6 is 0 Å². The third-order valence-electron chi connectivity index (χ3n) is 2.69. The summed E-state index contributed by atoms with van der Waals surface area (Å²) in [5.74, 6) is -0.999. The van der Waals surface area contributed by atoms with Gasteiger partial charge < -0.3 is 10.4 Å². The summed E-state index contributed by atoms with van der Waals surface area (Å²) in [6.45, 7) is 7.13. The zero-order chi connectivity index (χ0) is 13.8. The third kappa shape index (κ3) is 2.53. The number of hydrogen-bond acceptors (Lipinski definition) is 3. The molecule has 1 aromatic carbocycles. The second kappa shape index (κ2) is 5.19. The molecule has 2 N–H and O–H groups in total. The van der Waals surface area contributed by atoms with Gasteiger partial charge in [-0.15, -0.1) is 0 Å². The predicted molar refractivity (Wildman–Crippen MR) is 72.4 cm³/mol. The Morgan fingerprint density at radius 2 is 2.16 bits per heavy atom. The van der Waals surface area contributed by atoms with E-state index in [2.05, 4.69) is 15.1 Å². The summed E-state index contributed by atoms with van der Waals surface area (Å²) in [5.41, 5.74) is 2.63. The summed E-state index contributed by atoms with van der Waals surface area (Å²) >= 11 is 0. The molecule has 0 spiro atoms. The highest BCUT2D eigenvalue weighted by molar-refractivity contribution is 5.89. The number of nitrogens with zero attached hydrogens (tertiary/aromatic N) is 2. The molecule has 5 heteroatoms. The van der Waals surface area contributed by atoms with Gasteiger partial charge in [-0.3, -0.25) is 4.98 Å². The summed E-state index contributed by atoms with van der Waals surface area (Å²) < 4.78 is 0. The third-order valence-corrected chi connectivity index (χ3v) is 2.69. The van der Waals surface area contributed by atoms with Crippen LogP contribution in [0, 0.1) is 6.57 Å². The smallest absolute Gasteiger partial charge is 0.335 e. The van der Waals surface area contributed by atoms with Crippen molar-refractivity contribution in [2.45, 2.75) is 0 Å². The Balaban J connectivity index is 2.51. The normalized spacial score (nSPS) is 9.68. The van der Waals surface area contributed by atoms with E-state index in [1.54, 1.807) is 25.2 Å². The maximum atomic E-state index is 10.9. The number of carboxylic acids is 1. The number of pyridine rings is 1. The fourth-order valence-electron chi connectivity index (χ4n) is 1.72. The Hall–Kier alpha value is -2.87. The molecule has 0 saturated carbocycles. The van der Waals surface area contributed by atoms with Crippen LogP contribution in [0.3, 0.4) is 0 Å². The van der Waals surface area contributed by atoms with Gasteiger partial charge in [0.2, 0.25) is 5.69 Å². The number of rotatable bonds is 3. The quantitative estimate of drug-likeness (QED) is 0.825. The van der Waals surface area contributed by atoms with Gasteiger partial charge in [0, 0.05) is 18.9 Å². The highest BCUT2D eigenvalue weighted by Crippen LogP contribution is 2.30. The lowest BCUT2D eigenvalue weighted by atomic mass is 10.1. The van der Waals surface area contributed by atoms with Gasteiger partial charge in [0.15, 0.2) is 0 Å². The minimum absolute atomic E-state index is 0.173. The number of carboxylic acid groups (broad SMARTS) is 1. The molecule has 1 heterocycles. The average molecular weight is 253 g/mol. The van der Waals surface area contributed by atoms with Crippen molar-refractivity contribution in [3.05, 3.63) is 53.5 Å². The Labute approximate surface area is 110 Å². The van der Waals surface area contributed by atoms with Crippen LogP contribution in [0.25, 0.3) is 16.1 Å². The van der Waals surface area contributed by atoms with Crippen molar-refractivity contribution in [3.63, 3.8) is 0 Å². The number of anilines is 1. The minimum Gasteiger partial charge on any atom is -0.478 e. The summed E-state index contributed by atoms with van der Waals surface area (Å²) in [5, 5.41) is 11.9. The molecule has 0 fully saturated rings. The first-order chi connectivity index (χ1) is 9.15. The van der Waals surface area contributed by atoms with Gasteiger partial charge >= 0.3 is 5.97 Å². The van der Waals surface area contributed by atoms with Crippen molar-refractivity contribution in [1.82, 2.24) is 4.98 Å². The summed E-state index contributed by atoms with van der Waals surface area (Å²) in [7, 11) is 1.74. The predicted octanol–water partition coefficient (Wildman–Crippen LogP) is 3.04. The van der Waals surface area contributed by atoms with Crippen LogP contribution in [-0.4, -0.2) is 23.1 Å². The second-order valence-corrected chi connectivity index (χ2v) is 3.83. The van der Waals surface area contributed by atoms with Crippen LogP contribution in [-0.2, 0) is 0 Å².